The number of aromatic carboxylic acids is 2. The highest BCUT2D eigenvalue weighted by Gasteiger charge is 2.23. The molecule has 0 unspecified atom stereocenters. The number of benzene rings is 8. The van der Waals surface area contributed by atoms with Gasteiger partial charge in [0.1, 0.15) is 33.7 Å². The molecule has 18 aromatic rings. The predicted octanol–water partition coefficient (Wildman–Crippen LogP) is 18.7. The fourth-order valence-corrected chi connectivity index (χ4v) is 15.4. The van der Waals surface area contributed by atoms with Crippen LogP contribution in [0, 0.1) is 55.4 Å². The van der Waals surface area contributed by atoms with Gasteiger partial charge in [-0.3, -0.25) is 9.13 Å². The molecule has 8 aromatic carbocycles. The van der Waals surface area contributed by atoms with Crippen LogP contribution in [0.25, 0.3) is 112 Å². The van der Waals surface area contributed by atoms with Crippen molar-refractivity contribution in [2.75, 3.05) is 13.2 Å². The van der Waals surface area contributed by atoms with Crippen LogP contribution in [0.15, 0.2) is 218 Å². The van der Waals surface area contributed by atoms with Crippen LogP contribution in [0.3, 0.4) is 0 Å². The number of fused-ring (bicyclic) bond motifs is 4. The summed E-state index contributed by atoms with van der Waals surface area (Å²) in [4.78, 5) is 61.0. The van der Waals surface area contributed by atoms with E-state index >= 15 is 0 Å². The molecule has 0 bridgehead atoms. The van der Waals surface area contributed by atoms with Crippen LogP contribution in [-0.2, 0) is 39.0 Å². The van der Waals surface area contributed by atoms with E-state index in [4.69, 9.17) is 39.4 Å². The molecule has 0 atom stereocenters. The lowest BCUT2D eigenvalue weighted by atomic mass is 9.98. The van der Waals surface area contributed by atoms with Gasteiger partial charge in [-0.1, -0.05) is 196 Å². The minimum absolute atomic E-state index is 0.291. The lowest BCUT2D eigenvalue weighted by Crippen LogP contribution is -2.06. The van der Waals surface area contributed by atoms with Crippen molar-refractivity contribution in [3.8, 4) is 79.3 Å². The summed E-state index contributed by atoms with van der Waals surface area (Å²) < 4.78 is 20.0. The van der Waals surface area contributed by atoms with Gasteiger partial charge in [0.25, 0.3) is 12.0 Å². The molecule has 18 rings (SSSR count). The maximum atomic E-state index is 11.5. The number of carbonyl (C=O) groups is 2. The summed E-state index contributed by atoms with van der Waals surface area (Å²) in [6, 6.07) is 72.6. The molecule has 10 aromatic heterocycles. The SMILES string of the molecule is CCOc1nc2c(C)cc(C)nc2n1Cc1ccc(-c2ccccc2-c2nn[nH]n2)cc1.CCOc1nc2c(C)cc(C)nc2n1Cc1ccc(-c2ccccc2C(=O)O)cc1.CCc1nc2c(C)cc(C)nc2n1Cc1ccc(-c2ccccc2-c2nn[nH]n2)cc1.CCc1nc2c(C)cc(C)nc2n1Cc1ccc(-c2ccccc2C(=O)O)cc1. The van der Waals surface area contributed by atoms with E-state index in [2.05, 4.69) is 168 Å². The van der Waals surface area contributed by atoms with E-state index in [0.29, 0.717) is 73.2 Å². The Bertz CT molecular complexity index is 6790. The number of nitrogens with one attached hydrogen (secondary N) is 2. The van der Waals surface area contributed by atoms with E-state index in [-0.39, 0.29) is 0 Å². The van der Waals surface area contributed by atoms with Crippen molar-refractivity contribution < 1.29 is 29.3 Å². The third kappa shape index (κ3) is 17.7. The number of rotatable bonds is 22. The number of carboxylic acid groups (broad SMARTS) is 2. The molecule has 26 heteroatoms. The molecular formula is C96H92N20O6. The molecule has 0 fully saturated rings. The molecule has 0 saturated carbocycles. The van der Waals surface area contributed by atoms with E-state index in [1.807, 2.05) is 179 Å². The van der Waals surface area contributed by atoms with Crippen molar-refractivity contribution in [2.45, 2.75) is 122 Å². The van der Waals surface area contributed by atoms with Crippen molar-refractivity contribution in [1.82, 2.24) is 99.4 Å². The zero-order valence-electron chi connectivity index (χ0n) is 70.0. The predicted molar refractivity (Wildman–Crippen MR) is 473 cm³/mol. The number of hydrogen-bond donors (Lipinski definition) is 4. The Morgan fingerprint density at radius 2 is 0.598 bits per heavy atom. The Morgan fingerprint density at radius 1 is 0.328 bits per heavy atom. The Labute approximate surface area is 704 Å². The van der Waals surface area contributed by atoms with Gasteiger partial charge in [-0.15, -0.1) is 20.4 Å². The van der Waals surface area contributed by atoms with Gasteiger partial charge < -0.3 is 28.8 Å². The lowest BCUT2D eigenvalue weighted by molar-refractivity contribution is 0.0687. The van der Waals surface area contributed by atoms with Gasteiger partial charge in [0.2, 0.25) is 11.6 Å². The van der Waals surface area contributed by atoms with Gasteiger partial charge in [-0.2, -0.15) is 20.4 Å². The van der Waals surface area contributed by atoms with Crippen LogP contribution in [0.2, 0.25) is 0 Å². The molecule has 0 radical (unpaired) electrons. The number of carboxylic acids is 2. The number of aromatic amines is 2. The number of nitrogens with zero attached hydrogens (tertiary/aromatic N) is 18. The molecule has 0 aliphatic carbocycles. The average molecular weight is 1620 g/mol. The molecule has 0 amide bonds. The minimum Gasteiger partial charge on any atom is -0.478 e. The third-order valence-electron chi connectivity index (χ3n) is 21.1. The van der Waals surface area contributed by atoms with E-state index in [0.717, 1.165) is 182 Å². The topological polar surface area (TPSA) is 325 Å². The molecule has 612 valence electrons. The number of imidazole rings is 4. The van der Waals surface area contributed by atoms with Crippen LogP contribution in [0.5, 0.6) is 12.0 Å². The van der Waals surface area contributed by atoms with Gasteiger partial charge in [0.05, 0.1) is 50.5 Å². The number of tetrazole rings is 2. The fourth-order valence-electron chi connectivity index (χ4n) is 15.4. The molecule has 4 N–H and O–H groups in total. The highest BCUT2D eigenvalue weighted by Crippen LogP contribution is 2.36. The molecule has 122 heavy (non-hydrogen) atoms. The Kier molecular flexibility index (Phi) is 24.5. The minimum atomic E-state index is -0.933. The van der Waals surface area contributed by atoms with Crippen LogP contribution < -0.4 is 9.47 Å². The van der Waals surface area contributed by atoms with E-state index in [9.17, 15) is 19.8 Å². The summed E-state index contributed by atoms with van der Waals surface area (Å²) >= 11 is 0. The number of aromatic nitrogens is 20. The van der Waals surface area contributed by atoms with Crippen LogP contribution in [0.4, 0.5) is 0 Å². The standard InChI is InChI=1S/C24H23N7O.C24H23N7.C24H23N3O3.C24H23N3O2/c1-4-32-24-26-21-15(2)13-16(3)25-23(21)31(24)14-17-9-11-18(12-10-17)19-7-5-6-8-20(19)22-27-29-30-28-22;1-4-21-26-22-15(2)13-16(3)25-24(22)31(21)14-17-9-11-18(12-10-17)19-7-5-6-8-20(19)23-27-29-30-28-23;1-4-30-24-26-21-15(2)13-16(3)25-22(21)27(24)14-17-9-11-18(12-10-17)19-7-5-6-8-20(19)23(28)29;1-4-21-26-22-15(2)13-16(3)25-23(22)27(21)14-17-9-11-18(12-10-17)19-7-5-6-8-20(19)24(28)29/h5-13H,4,14H2,1-3H3,(H,27,28,29,30);5-13H,4,14H2,1-3H3,(H,27,28,29,30);5-13H,4,14H2,1-3H3,(H,28,29);5-13H,4,14H2,1-3H3,(H,28,29). The first-order valence-electron chi connectivity index (χ1n) is 40.5. The molecule has 10 heterocycles. The van der Waals surface area contributed by atoms with E-state index in [1.165, 1.54) is 11.1 Å². The highest BCUT2D eigenvalue weighted by molar-refractivity contribution is 5.97. The van der Waals surface area contributed by atoms with Crippen LogP contribution >= 0.6 is 0 Å². The first kappa shape index (κ1) is 82.0. The molecule has 0 spiro atoms. The van der Waals surface area contributed by atoms with Crippen LogP contribution in [0.1, 0.15) is 127 Å². The molecule has 26 nitrogen and oxygen atoms in total. The second kappa shape index (κ2) is 36.4. The average Bonchev–Trinajstić information content (AvgIpc) is 1.60. The lowest BCUT2D eigenvalue weighted by Gasteiger charge is -2.11. The largest absolute Gasteiger partial charge is 0.478 e. The van der Waals surface area contributed by atoms with Gasteiger partial charge in [0.15, 0.2) is 22.6 Å². The molecule has 0 saturated heterocycles. The normalized spacial score (nSPS) is 11.2. The third-order valence-corrected chi connectivity index (χ3v) is 21.1. The van der Waals surface area contributed by atoms with Crippen molar-refractivity contribution in [3.63, 3.8) is 0 Å². The summed E-state index contributed by atoms with van der Waals surface area (Å²) in [7, 11) is 0. The van der Waals surface area contributed by atoms with Gasteiger partial charge in [-0.05, 0) is 205 Å². The molecular weight excluding hydrogens is 1530 g/mol. The Balaban J connectivity index is 0.000000126. The summed E-state index contributed by atoms with van der Waals surface area (Å²) in [6.45, 7) is 28.1. The van der Waals surface area contributed by atoms with Crippen LogP contribution in [-0.4, -0.2) is 135 Å². The molecule has 0 aliphatic rings. The summed E-state index contributed by atoms with van der Waals surface area (Å²) in [5, 5.41) is 47.9. The number of H-pyrrole nitrogens is 2. The van der Waals surface area contributed by atoms with Crippen molar-refractivity contribution in [2.24, 2.45) is 0 Å². The quantitative estimate of drug-likeness (QED) is 0.0490. The van der Waals surface area contributed by atoms with Gasteiger partial charge >= 0.3 is 11.9 Å². The summed E-state index contributed by atoms with van der Waals surface area (Å²) in [5.74, 6) is 1.39. The second-order valence-electron chi connectivity index (χ2n) is 29.8. The zero-order valence-corrected chi connectivity index (χ0v) is 70.0. The first-order chi connectivity index (χ1) is 59.2. The number of hydrogen-bond acceptors (Lipinski definition) is 18. The second-order valence-corrected chi connectivity index (χ2v) is 29.8. The van der Waals surface area contributed by atoms with E-state index < -0.39 is 11.9 Å². The number of aryl methyl sites for hydroxylation is 10. The van der Waals surface area contributed by atoms with Crippen molar-refractivity contribution in [3.05, 3.63) is 308 Å². The van der Waals surface area contributed by atoms with Gasteiger partial charge in [0, 0.05) is 46.7 Å². The Morgan fingerprint density at radius 3 is 0.885 bits per heavy atom. The zero-order chi connectivity index (χ0) is 85.2. The molecule has 0 aliphatic heterocycles. The van der Waals surface area contributed by atoms with Crippen molar-refractivity contribution in [1.29, 1.82) is 0 Å². The summed E-state index contributed by atoms with van der Waals surface area (Å²) in [5.41, 5.74) is 30.1. The number of pyridine rings is 4. The first-order valence-corrected chi connectivity index (χ1v) is 40.5. The smallest absolute Gasteiger partial charge is 0.336 e. The van der Waals surface area contributed by atoms with E-state index in [1.54, 1.807) is 24.3 Å². The van der Waals surface area contributed by atoms with Gasteiger partial charge in [-0.25, -0.2) is 39.5 Å². The van der Waals surface area contributed by atoms with Crippen molar-refractivity contribution >= 4 is 56.6 Å². The Hall–Kier alpha value is -15.1. The highest BCUT2D eigenvalue weighted by atomic mass is 16.5. The fraction of sp³-hybridized carbons (Fsp3) is 0.208. The maximum Gasteiger partial charge on any atom is 0.336 e. The monoisotopic (exact) mass is 1620 g/mol. The number of ether oxygens (including phenoxy) is 2. The summed E-state index contributed by atoms with van der Waals surface area (Å²) in [6.07, 6.45) is 1.70. The maximum absolute atomic E-state index is 11.5.